The number of amides is 2. The molecule has 0 bridgehead atoms. The number of nitrogens with two attached hydrogens (primary N) is 1. The Morgan fingerprint density at radius 1 is 1.21 bits per heavy atom. The molecule has 0 saturated carbocycles. The molecule has 1 fully saturated rings. The van der Waals surface area contributed by atoms with Crippen molar-refractivity contribution < 1.29 is 26.7 Å². The number of primary amides is 1. The molecule has 1 aliphatic rings. The third kappa shape index (κ3) is 4.29. The summed E-state index contributed by atoms with van der Waals surface area (Å²) in [5.74, 6) is -0.0609. The molecule has 1 saturated heterocycles. The Morgan fingerprint density at radius 3 is 2.45 bits per heavy atom. The zero-order valence-electron chi connectivity index (χ0n) is 17.5. The van der Waals surface area contributed by atoms with Crippen molar-refractivity contribution in [2.24, 2.45) is 11.7 Å². The van der Waals surface area contributed by atoms with E-state index in [-0.39, 0.29) is 23.9 Å². The van der Waals surface area contributed by atoms with Gasteiger partial charge in [-0.15, -0.1) is 0 Å². The van der Waals surface area contributed by atoms with Crippen LogP contribution in [0.2, 0.25) is 0 Å². The molecule has 176 valence electrons. The Kier molecular flexibility index (Phi) is 5.62. The molecule has 3 aromatic rings. The minimum atomic E-state index is -4.75. The van der Waals surface area contributed by atoms with Gasteiger partial charge in [0.2, 0.25) is 0 Å². The van der Waals surface area contributed by atoms with Crippen LogP contribution in [-0.4, -0.2) is 45.2 Å². The monoisotopic (exact) mass is 468 g/mol. The lowest BCUT2D eigenvalue weighted by molar-refractivity contribution is -0.141. The second kappa shape index (κ2) is 8.16. The fourth-order valence-corrected chi connectivity index (χ4v) is 4.01. The maximum absolute atomic E-state index is 13.4. The highest BCUT2D eigenvalue weighted by atomic mass is 19.4. The smallest absolute Gasteiger partial charge is 0.369 e. The number of anilines is 1. The number of hydrogen-bond donors (Lipinski definition) is 2. The maximum Gasteiger partial charge on any atom is 0.435 e. The fraction of sp³-hybridized carbons (Fsp3) is 0.381. The third-order valence-corrected chi connectivity index (χ3v) is 6.13. The number of fused-ring (bicyclic) bond motifs is 1. The molecule has 12 heteroatoms. The Morgan fingerprint density at radius 2 is 1.88 bits per heavy atom. The van der Waals surface area contributed by atoms with Crippen LogP contribution in [0.4, 0.5) is 32.6 Å². The van der Waals surface area contributed by atoms with Crippen molar-refractivity contribution >= 4 is 17.5 Å². The first-order valence-electron chi connectivity index (χ1n) is 10.1. The second-order valence-corrected chi connectivity index (χ2v) is 8.24. The van der Waals surface area contributed by atoms with Gasteiger partial charge in [0.15, 0.2) is 11.3 Å². The summed E-state index contributed by atoms with van der Waals surface area (Å²) >= 11 is 0. The summed E-state index contributed by atoms with van der Waals surface area (Å²) < 4.78 is 67.1. The minimum absolute atomic E-state index is 0.0184. The molecule has 0 radical (unpaired) electrons. The Bertz CT molecular complexity index is 1160. The van der Waals surface area contributed by atoms with Crippen LogP contribution in [0.3, 0.4) is 0 Å². The predicted octanol–water partition coefficient (Wildman–Crippen LogP) is 4.07. The molecule has 0 aliphatic carbocycles. The summed E-state index contributed by atoms with van der Waals surface area (Å²) in [5.41, 5.74) is 3.44. The van der Waals surface area contributed by atoms with Crippen molar-refractivity contribution in [3.8, 4) is 0 Å². The highest BCUT2D eigenvalue weighted by molar-refractivity contribution is 5.73. The summed E-state index contributed by atoms with van der Waals surface area (Å²) in [6, 6.07) is 10.4. The van der Waals surface area contributed by atoms with E-state index in [1.54, 1.807) is 0 Å². The Balaban J connectivity index is 1.69. The average Bonchev–Trinajstić information content (AvgIpc) is 3.16. The fourth-order valence-electron chi connectivity index (χ4n) is 4.01. The maximum atomic E-state index is 13.4. The van der Waals surface area contributed by atoms with Crippen LogP contribution in [0.15, 0.2) is 42.5 Å². The van der Waals surface area contributed by atoms with Crippen LogP contribution in [-0.2, 0) is 11.6 Å². The van der Waals surface area contributed by atoms with E-state index in [4.69, 9.17) is 5.73 Å². The van der Waals surface area contributed by atoms with Crippen molar-refractivity contribution in [1.29, 1.82) is 0 Å². The number of urea groups is 1. The van der Waals surface area contributed by atoms with Gasteiger partial charge >= 0.3 is 12.2 Å². The number of carbonyl (C=O) groups excluding carboxylic acids is 1. The quantitative estimate of drug-likeness (QED) is 0.534. The van der Waals surface area contributed by atoms with Crippen LogP contribution >= 0.6 is 0 Å². The van der Waals surface area contributed by atoms with Gasteiger partial charge in [-0.25, -0.2) is 18.6 Å². The SMILES string of the molecule is CC(CNc1cc(C(F)F)nc2cc(C(F)(F)F)nn12)(c1ccccc1)C1CN(C(N)=O)C1. The molecule has 3 heterocycles. The van der Waals surface area contributed by atoms with Crippen LogP contribution in [0.25, 0.3) is 5.65 Å². The lowest BCUT2D eigenvalue weighted by Gasteiger charge is -2.49. The van der Waals surface area contributed by atoms with Crippen molar-refractivity contribution in [2.45, 2.75) is 24.9 Å². The molecular weight excluding hydrogens is 447 g/mol. The van der Waals surface area contributed by atoms with E-state index in [1.165, 1.54) is 4.90 Å². The van der Waals surface area contributed by atoms with Crippen molar-refractivity contribution in [1.82, 2.24) is 19.5 Å². The first kappa shape index (κ1) is 22.7. The number of benzene rings is 1. The molecular formula is C21H21F5N6O. The van der Waals surface area contributed by atoms with E-state index in [0.717, 1.165) is 16.1 Å². The van der Waals surface area contributed by atoms with Gasteiger partial charge in [0, 0.05) is 43.1 Å². The van der Waals surface area contributed by atoms with Gasteiger partial charge in [-0.3, -0.25) is 0 Å². The molecule has 2 aromatic heterocycles. The molecule has 0 spiro atoms. The lowest BCUT2D eigenvalue weighted by atomic mass is 9.68. The van der Waals surface area contributed by atoms with Crippen molar-refractivity contribution in [3.63, 3.8) is 0 Å². The number of rotatable bonds is 6. The first-order chi connectivity index (χ1) is 15.5. The van der Waals surface area contributed by atoms with Gasteiger partial charge in [0.1, 0.15) is 11.5 Å². The number of alkyl halides is 5. The number of nitrogens with one attached hydrogen (secondary N) is 1. The highest BCUT2D eigenvalue weighted by Crippen LogP contribution is 2.38. The van der Waals surface area contributed by atoms with Gasteiger partial charge in [0.05, 0.1) is 0 Å². The number of halogens is 5. The Hall–Kier alpha value is -3.44. The number of likely N-dealkylation sites (tertiary alicyclic amines) is 1. The predicted molar refractivity (Wildman–Crippen MR) is 110 cm³/mol. The summed E-state index contributed by atoms with van der Waals surface area (Å²) in [7, 11) is 0. The molecule has 1 unspecified atom stereocenters. The average molecular weight is 468 g/mol. The highest BCUT2D eigenvalue weighted by Gasteiger charge is 2.44. The van der Waals surface area contributed by atoms with Gasteiger partial charge < -0.3 is 16.0 Å². The molecule has 4 rings (SSSR count). The molecule has 3 N–H and O–H groups in total. The van der Waals surface area contributed by atoms with E-state index in [0.29, 0.717) is 19.2 Å². The summed E-state index contributed by atoms with van der Waals surface area (Å²) in [5, 5.41) is 6.53. The molecule has 33 heavy (non-hydrogen) atoms. The third-order valence-electron chi connectivity index (χ3n) is 6.13. The van der Waals surface area contributed by atoms with Crippen LogP contribution < -0.4 is 11.1 Å². The Labute approximate surface area is 185 Å². The number of aromatic nitrogens is 3. The number of carbonyl (C=O) groups is 1. The zero-order chi connectivity index (χ0) is 24.0. The van der Waals surface area contributed by atoms with E-state index in [1.807, 2.05) is 37.3 Å². The zero-order valence-corrected chi connectivity index (χ0v) is 17.5. The standard InChI is InChI=1S/C21H21F5N6O/c1-20(12-5-3-2-4-6-12,13-9-31(10-13)19(27)33)11-28-16-7-14(18(22)23)29-17-8-15(21(24,25)26)30-32(16)17/h2-8,13,18,28H,9-11H2,1H3,(H2,27,33). The molecule has 2 amide bonds. The van der Waals surface area contributed by atoms with E-state index in [2.05, 4.69) is 15.4 Å². The normalized spacial score (nSPS) is 16.6. The van der Waals surface area contributed by atoms with E-state index in [9.17, 15) is 26.7 Å². The van der Waals surface area contributed by atoms with Gasteiger partial charge in [-0.1, -0.05) is 37.3 Å². The largest absolute Gasteiger partial charge is 0.435 e. The lowest BCUT2D eigenvalue weighted by Crippen LogP contribution is -2.60. The minimum Gasteiger partial charge on any atom is -0.369 e. The van der Waals surface area contributed by atoms with Crippen molar-refractivity contribution in [2.75, 3.05) is 25.0 Å². The van der Waals surface area contributed by atoms with E-state index >= 15 is 0 Å². The van der Waals surface area contributed by atoms with Crippen LogP contribution in [0, 0.1) is 5.92 Å². The van der Waals surface area contributed by atoms with Crippen LogP contribution in [0.5, 0.6) is 0 Å². The van der Waals surface area contributed by atoms with Gasteiger partial charge in [-0.2, -0.15) is 22.8 Å². The summed E-state index contributed by atoms with van der Waals surface area (Å²) in [4.78, 5) is 16.5. The molecule has 1 aliphatic heterocycles. The number of nitrogens with zero attached hydrogens (tertiary/aromatic N) is 4. The van der Waals surface area contributed by atoms with Gasteiger partial charge in [0.25, 0.3) is 6.43 Å². The topological polar surface area (TPSA) is 88.6 Å². The number of hydrogen-bond acceptors (Lipinski definition) is 4. The summed E-state index contributed by atoms with van der Waals surface area (Å²) in [6.45, 7) is 2.92. The molecule has 1 atom stereocenters. The molecule has 1 aromatic carbocycles. The van der Waals surface area contributed by atoms with E-state index < -0.39 is 35.4 Å². The van der Waals surface area contributed by atoms with Crippen molar-refractivity contribution in [3.05, 3.63) is 59.4 Å². The first-order valence-corrected chi connectivity index (χ1v) is 10.1. The second-order valence-electron chi connectivity index (χ2n) is 8.24. The van der Waals surface area contributed by atoms with Gasteiger partial charge in [-0.05, 0) is 5.56 Å². The summed E-state index contributed by atoms with van der Waals surface area (Å²) in [6.07, 6.45) is -7.73. The molecule has 7 nitrogen and oxygen atoms in total. The van der Waals surface area contributed by atoms with Crippen LogP contribution in [0.1, 0.15) is 30.3 Å².